The maximum absolute atomic E-state index is 11.6. The van der Waals surface area contributed by atoms with E-state index in [1.165, 1.54) is 0 Å². The van der Waals surface area contributed by atoms with E-state index in [2.05, 4.69) is 10.6 Å². The second kappa shape index (κ2) is 9.80. The van der Waals surface area contributed by atoms with Crippen molar-refractivity contribution in [1.82, 2.24) is 15.5 Å². The highest BCUT2D eigenvalue weighted by atomic mass is 32.2. The SMILES string of the molecule is CN(CCOC(=S)NC1(C)CCS(=O)(=O)C1)CCOC(=S)NC1(C)CCS(=O)(=O)C1. The fourth-order valence-corrected chi connectivity index (χ4v) is 8.33. The molecule has 0 bridgehead atoms. The van der Waals surface area contributed by atoms with Crippen LogP contribution in [-0.4, -0.2) is 99.5 Å². The van der Waals surface area contributed by atoms with Crippen molar-refractivity contribution in [2.24, 2.45) is 0 Å². The Balaban J connectivity index is 1.58. The summed E-state index contributed by atoms with van der Waals surface area (Å²) in [6, 6.07) is 0. The Labute approximate surface area is 190 Å². The predicted molar refractivity (Wildman–Crippen MR) is 124 cm³/mol. The molecular weight excluding hydrogens is 470 g/mol. The quantitative estimate of drug-likeness (QED) is 0.433. The van der Waals surface area contributed by atoms with E-state index < -0.39 is 30.8 Å². The van der Waals surface area contributed by atoms with Gasteiger partial charge in [0, 0.05) is 13.1 Å². The van der Waals surface area contributed by atoms with Crippen molar-refractivity contribution in [3.05, 3.63) is 0 Å². The first kappa shape index (κ1) is 25.5. The first-order valence-corrected chi connectivity index (χ1v) is 14.2. The van der Waals surface area contributed by atoms with Gasteiger partial charge >= 0.3 is 0 Å². The van der Waals surface area contributed by atoms with Crippen molar-refractivity contribution < 1.29 is 26.3 Å². The summed E-state index contributed by atoms with van der Waals surface area (Å²) in [5, 5.41) is 6.41. The standard InChI is InChI=1S/C17H31N3O6S4/c1-16(4-10-29(21,22)12-16)18-14(27)25-8-6-20(3)7-9-26-15(28)19-17(2)5-11-30(23,24)13-17/h4-13H2,1-3H3,(H,18,27)(H,19,28). The van der Waals surface area contributed by atoms with Gasteiger partial charge in [-0.3, -0.25) is 4.90 Å². The van der Waals surface area contributed by atoms with Gasteiger partial charge in [-0.05, 0) is 58.2 Å². The summed E-state index contributed by atoms with van der Waals surface area (Å²) in [6.45, 7) is 5.55. The van der Waals surface area contributed by atoms with Crippen molar-refractivity contribution in [3.8, 4) is 0 Å². The van der Waals surface area contributed by atoms with Gasteiger partial charge in [0.05, 0.1) is 34.1 Å². The maximum Gasteiger partial charge on any atom is 0.257 e. The summed E-state index contributed by atoms with van der Waals surface area (Å²) in [4.78, 5) is 1.98. The maximum atomic E-state index is 11.6. The molecule has 0 radical (unpaired) electrons. The van der Waals surface area contributed by atoms with E-state index in [9.17, 15) is 16.8 Å². The van der Waals surface area contributed by atoms with Crippen LogP contribution in [0.15, 0.2) is 0 Å². The van der Waals surface area contributed by atoms with Gasteiger partial charge in [0.15, 0.2) is 19.7 Å². The Bertz CT molecular complexity index is 793. The van der Waals surface area contributed by atoms with Gasteiger partial charge in [-0.15, -0.1) is 0 Å². The number of ether oxygens (including phenoxy) is 2. The fourth-order valence-electron chi connectivity index (χ4n) is 3.48. The Morgan fingerprint density at radius 1 is 0.867 bits per heavy atom. The largest absolute Gasteiger partial charge is 0.470 e. The summed E-state index contributed by atoms with van der Waals surface area (Å²) < 4.78 is 57.6. The van der Waals surface area contributed by atoms with Crippen LogP contribution in [0.5, 0.6) is 0 Å². The van der Waals surface area contributed by atoms with Crippen LogP contribution in [0.1, 0.15) is 26.7 Å². The molecule has 0 aromatic heterocycles. The third kappa shape index (κ3) is 8.40. The van der Waals surface area contributed by atoms with Crippen molar-refractivity contribution >= 4 is 54.5 Å². The molecule has 2 saturated heterocycles. The molecule has 0 aliphatic carbocycles. The van der Waals surface area contributed by atoms with E-state index in [0.717, 1.165) is 0 Å². The molecule has 2 unspecified atom stereocenters. The Morgan fingerprint density at radius 2 is 1.23 bits per heavy atom. The summed E-state index contributed by atoms with van der Waals surface area (Å²) in [7, 11) is -4.13. The number of nitrogens with zero attached hydrogens (tertiary/aromatic N) is 1. The number of sulfone groups is 2. The number of hydrogen-bond acceptors (Lipinski definition) is 9. The number of likely N-dealkylation sites (N-methyl/N-ethyl adjacent to an activating group) is 1. The Kier molecular flexibility index (Phi) is 8.33. The Morgan fingerprint density at radius 3 is 1.53 bits per heavy atom. The monoisotopic (exact) mass is 501 g/mol. The molecule has 0 aromatic carbocycles. The zero-order valence-electron chi connectivity index (χ0n) is 17.6. The highest BCUT2D eigenvalue weighted by molar-refractivity contribution is 7.92. The summed E-state index contributed by atoms with van der Waals surface area (Å²) in [6.07, 6.45) is 1.02. The van der Waals surface area contributed by atoms with Crippen LogP contribution in [0, 0.1) is 0 Å². The second-order valence-corrected chi connectivity index (χ2v) is 13.7. The van der Waals surface area contributed by atoms with E-state index in [0.29, 0.717) is 39.1 Å². The molecule has 174 valence electrons. The summed E-state index contributed by atoms with van der Waals surface area (Å²) >= 11 is 10.3. The molecule has 0 spiro atoms. The molecule has 0 saturated carbocycles. The van der Waals surface area contributed by atoms with Crippen LogP contribution >= 0.6 is 24.4 Å². The highest BCUT2D eigenvalue weighted by Crippen LogP contribution is 2.23. The first-order chi connectivity index (χ1) is 13.7. The lowest BCUT2D eigenvalue weighted by molar-refractivity contribution is 0.186. The lowest BCUT2D eigenvalue weighted by Gasteiger charge is -2.26. The van der Waals surface area contributed by atoms with E-state index in [-0.39, 0.29) is 33.4 Å². The number of hydrogen-bond donors (Lipinski definition) is 2. The molecule has 2 heterocycles. The lowest BCUT2D eigenvalue weighted by Crippen LogP contribution is -2.47. The van der Waals surface area contributed by atoms with E-state index >= 15 is 0 Å². The molecule has 9 nitrogen and oxygen atoms in total. The Hall–Kier alpha value is -0.760. The van der Waals surface area contributed by atoms with Crippen LogP contribution in [-0.2, 0) is 29.1 Å². The molecule has 0 aromatic rings. The normalized spacial score (nSPS) is 29.5. The van der Waals surface area contributed by atoms with Crippen molar-refractivity contribution in [2.45, 2.75) is 37.8 Å². The molecule has 2 rings (SSSR count). The average molecular weight is 502 g/mol. The second-order valence-electron chi connectivity index (χ2n) is 8.63. The van der Waals surface area contributed by atoms with E-state index in [4.69, 9.17) is 33.9 Å². The van der Waals surface area contributed by atoms with Gasteiger partial charge < -0.3 is 20.1 Å². The third-order valence-electron chi connectivity index (χ3n) is 5.23. The van der Waals surface area contributed by atoms with Crippen LogP contribution in [0.4, 0.5) is 0 Å². The minimum Gasteiger partial charge on any atom is -0.470 e. The molecule has 2 atom stereocenters. The average Bonchev–Trinajstić information content (AvgIpc) is 3.00. The third-order valence-corrected chi connectivity index (χ3v) is 9.47. The van der Waals surface area contributed by atoms with Gasteiger partial charge in [0.25, 0.3) is 10.3 Å². The number of rotatable bonds is 8. The number of thiocarbonyl (C=S) groups is 2. The van der Waals surface area contributed by atoms with Crippen LogP contribution in [0.2, 0.25) is 0 Å². The van der Waals surface area contributed by atoms with Crippen LogP contribution in [0.25, 0.3) is 0 Å². The van der Waals surface area contributed by atoms with Crippen molar-refractivity contribution in [3.63, 3.8) is 0 Å². The minimum atomic E-state index is -3.01. The van der Waals surface area contributed by atoms with Crippen LogP contribution < -0.4 is 10.6 Å². The van der Waals surface area contributed by atoms with Crippen molar-refractivity contribution in [1.29, 1.82) is 0 Å². The molecule has 2 aliphatic rings. The van der Waals surface area contributed by atoms with Crippen molar-refractivity contribution in [2.75, 3.05) is 56.4 Å². The molecule has 30 heavy (non-hydrogen) atoms. The van der Waals surface area contributed by atoms with E-state index in [1.54, 1.807) is 0 Å². The molecule has 2 fully saturated rings. The number of nitrogens with one attached hydrogen (secondary N) is 2. The smallest absolute Gasteiger partial charge is 0.257 e. The summed E-state index contributed by atoms with van der Waals surface area (Å²) in [5.74, 6) is 0.431. The van der Waals surface area contributed by atoms with E-state index in [1.807, 2.05) is 25.8 Å². The predicted octanol–water partition coefficient (Wildman–Crippen LogP) is -0.145. The zero-order chi connectivity index (χ0) is 22.6. The van der Waals surface area contributed by atoms with Gasteiger partial charge in [0.2, 0.25) is 0 Å². The topological polar surface area (TPSA) is 114 Å². The lowest BCUT2D eigenvalue weighted by atomic mass is 10.0. The van der Waals surface area contributed by atoms with Gasteiger partial charge in [-0.25, -0.2) is 16.8 Å². The molecule has 2 aliphatic heterocycles. The molecule has 13 heteroatoms. The zero-order valence-corrected chi connectivity index (χ0v) is 20.9. The van der Waals surface area contributed by atoms with Gasteiger partial charge in [0.1, 0.15) is 13.2 Å². The first-order valence-electron chi connectivity index (χ1n) is 9.71. The molecule has 0 amide bonds. The fraction of sp³-hybridized carbons (Fsp3) is 0.882. The van der Waals surface area contributed by atoms with Crippen LogP contribution in [0.3, 0.4) is 0 Å². The van der Waals surface area contributed by atoms with Gasteiger partial charge in [-0.1, -0.05) is 0 Å². The molecular formula is C17H31N3O6S4. The summed E-state index contributed by atoms with van der Waals surface area (Å²) in [5.41, 5.74) is -1.15. The minimum absolute atomic E-state index is 0.0552. The molecule has 2 N–H and O–H groups in total. The highest BCUT2D eigenvalue weighted by Gasteiger charge is 2.40. The van der Waals surface area contributed by atoms with Gasteiger partial charge in [-0.2, -0.15) is 0 Å².